The minimum Gasteiger partial charge on any atom is -0.476 e. The molecule has 0 atom stereocenters. The Morgan fingerprint density at radius 3 is 2.64 bits per heavy atom. The highest BCUT2D eigenvalue weighted by Gasteiger charge is 2.14. The number of carbonyl (C=O) groups is 1. The van der Waals surface area contributed by atoms with Crippen molar-refractivity contribution in [2.75, 3.05) is 18.0 Å². The molecule has 0 aliphatic heterocycles. The van der Waals surface area contributed by atoms with Crippen molar-refractivity contribution in [3.8, 4) is 0 Å². The van der Waals surface area contributed by atoms with Crippen molar-refractivity contribution in [3.63, 3.8) is 0 Å². The molecule has 1 aromatic rings. The molecule has 4 heteroatoms. The zero-order valence-corrected chi connectivity index (χ0v) is 8.40. The van der Waals surface area contributed by atoms with Crippen molar-refractivity contribution < 1.29 is 9.90 Å². The van der Waals surface area contributed by atoms with Crippen molar-refractivity contribution in [2.45, 2.75) is 13.8 Å². The van der Waals surface area contributed by atoms with Gasteiger partial charge in [0.2, 0.25) is 0 Å². The van der Waals surface area contributed by atoms with Crippen LogP contribution in [0.1, 0.15) is 24.3 Å². The molecule has 0 fully saturated rings. The maximum Gasteiger partial charge on any atom is 0.356 e. The lowest BCUT2D eigenvalue weighted by Crippen LogP contribution is -2.24. The molecule has 76 valence electrons. The molecule has 0 aliphatic carbocycles. The summed E-state index contributed by atoms with van der Waals surface area (Å²) in [5.74, 6) is -0.979. The van der Waals surface area contributed by atoms with Crippen LogP contribution in [0.3, 0.4) is 0 Å². The molecule has 0 saturated carbocycles. The van der Waals surface area contributed by atoms with Crippen LogP contribution >= 0.6 is 0 Å². The molecular formula is C10H14N2O2. The summed E-state index contributed by atoms with van der Waals surface area (Å²) >= 11 is 0. The molecule has 14 heavy (non-hydrogen) atoms. The minimum atomic E-state index is -0.979. The van der Waals surface area contributed by atoms with Gasteiger partial charge in [0, 0.05) is 19.3 Å². The number of aromatic carboxylic acids is 1. The van der Waals surface area contributed by atoms with Gasteiger partial charge in [0.1, 0.15) is 0 Å². The molecule has 1 N–H and O–H groups in total. The Balaban J connectivity index is 3.11. The highest BCUT2D eigenvalue weighted by atomic mass is 16.4. The van der Waals surface area contributed by atoms with E-state index in [0.29, 0.717) is 5.69 Å². The van der Waals surface area contributed by atoms with Crippen molar-refractivity contribution in [3.05, 3.63) is 24.0 Å². The molecule has 4 nitrogen and oxygen atoms in total. The smallest absolute Gasteiger partial charge is 0.356 e. The Morgan fingerprint density at radius 1 is 1.50 bits per heavy atom. The van der Waals surface area contributed by atoms with Gasteiger partial charge in [-0.1, -0.05) is 0 Å². The summed E-state index contributed by atoms with van der Waals surface area (Å²) in [4.78, 5) is 16.7. The molecular weight excluding hydrogens is 180 g/mol. The van der Waals surface area contributed by atoms with Crippen molar-refractivity contribution in [1.82, 2.24) is 4.98 Å². The van der Waals surface area contributed by atoms with Crippen LogP contribution in [0.25, 0.3) is 0 Å². The molecule has 1 heterocycles. The standard InChI is InChI=1S/C10H14N2O2/c1-3-12(4-2)8-6-5-7-11-9(8)10(13)14/h5-7H,3-4H2,1-2H3,(H,13,14). The lowest BCUT2D eigenvalue weighted by atomic mass is 10.2. The third-order valence-corrected chi connectivity index (χ3v) is 2.09. The van der Waals surface area contributed by atoms with Crippen LogP contribution in [0.5, 0.6) is 0 Å². The molecule has 0 aliphatic rings. The van der Waals surface area contributed by atoms with Gasteiger partial charge in [-0.05, 0) is 26.0 Å². The number of rotatable bonds is 4. The number of pyridine rings is 1. The van der Waals surface area contributed by atoms with Gasteiger partial charge >= 0.3 is 5.97 Å². The summed E-state index contributed by atoms with van der Waals surface area (Å²) in [6.45, 7) is 5.54. The van der Waals surface area contributed by atoms with Gasteiger partial charge < -0.3 is 10.0 Å². The lowest BCUT2D eigenvalue weighted by Gasteiger charge is -2.21. The largest absolute Gasteiger partial charge is 0.476 e. The topological polar surface area (TPSA) is 53.4 Å². The first-order valence-electron chi connectivity index (χ1n) is 4.64. The maximum atomic E-state index is 10.9. The number of hydrogen-bond donors (Lipinski definition) is 1. The summed E-state index contributed by atoms with van der Waals surface area (Å²) < 4.78 is 0. The van der Waals surface area contributed by atoms with Crippen molar-refractivity contribution in [1.29, 1.82) is 0 Å². The number of carboxylic acids is 1. The molecule has 1 rings (SSSR count). The maximum absolute atomic E-state index is 10.9. The van der Waals surface area contributed by atoms with E-state index in [4.69, 9.17) is 5.11 Å². The van der Waals surface area contributed by atoms with Crippen LogP contribution in [0.2, 0.25) is 0 Å². The third kappa shape index (κ3) is 2.02. The van der Waals surface area contributed by atoms with Crippen LogP contribution in [0.4, 0.5) is 5.69 Å². The van der Waals surface area contributed by atoms with Gasteiger partial charge in [0.25, 0.3) is 0 Å². The first-order chi connectivity index (χ1) is 6.70. The Labute approximate surface area is 83.2 Å². The molecule has 0 spiro atoms. The average molecular weight is 194 g/mol. The average Bonchev–Trinajstić information content (AvgIpc) is 2.20. The van der Waals surface area contributed by atoms with E-state index in [1.807, 2.05) is 18.7 Å². The van der Waals surface area contributed by atoms with E-state index in [0.717, 1.165) is 13.1 Å². The van der Waals surface area contributed by atoms with Crippen molar-refractivity contribution in [2.24, 2.45) is 0 Å². The molecule has 0 amide bonds. The van der Waals surface area contributed by atoms with Gasteiger partial charge in [0.05, 0.1) is 5.69 Å². The van der Waals surface area contributed by atoms with E-state index in [9.17, 15) is 4.79 Å². The Kier molecular flexibility index (Phi) is 3.45. The Morgan fingerprint density at radius 2 is 2.14 bits per heavy atom. The van der Waals surface area contributed by atoms with Crippen LogP contribution in [0.15, 0.2) is 18.3 Å². The zero-order valence-electron chi connectivity index (χ0n) is 8.40. The fraction of sp³-hybridized carbons (Fsp3) is 0.400. The molecule has 0 unspecified atom stereocenters. The van der Waals surface area contributed by atoms with E-state index in [1.54, 1.807) is 12.1 Å². The lowest BCUT2D eigenvalue weighted by molar-refractivity contribution is 0.0691. The predicted molar refractivity (Wildman–Crippen MR) is 54.8 cm³/mol. The molecule has 0 aromatic carbocycles. The number of carboxylic acid groups (broad SMARTS) is 1. The fourth-order valence-corrected chi connectivity index (χ4v) is 1.38. The molecule has 0 bridgehead atoms. The van der Waals surface area contributed by atoms with E-state index in [-0.39, 0.29) is 5.69 Å². The SMILES string of the molecule is CCN(CC)c1cccnc1C(=O)O. The quantitative estimate of drug-likeness (QED) is 0.791. The molecule has 0 saturated heterocycles. The molecule has 0 radical (unpaired) electrons. The first kappa shape index (κ1) is 10.5. The second-order valence-electron chi connectivity index (χ2n) is 2.85. The number of nitrogens with zero attached hydrogens (tertiary/aromatic N) is 2. The summed E-state index contributed by atoms with van der Waals surface area (Å²) in [7, 11) is 0. The van der Waals surface area contributed by atoms with Gasteiger partial charge in [-0.3, -0.25) is 0 Å². The highest BCUT2D eigenvalue weighted by molar-refractivity contribution is 5.92. The number of anilines is 1. The van der Waals surface area contributed by atoms with E-state index in [1.165, 1.54) is 6.20 Å². The minimum absolute atomic E-state index is 0.121. The van der Waals surface area contributed by atoms with Gasteiger partial charge in [0.15, 0.2) is 5.69 Å². The molecule has 1 aromatic heterocycles. The second-order valence-corrected chi connectivity index (χ2v) is 2.85. The van der Waals surface area contributed by atoms with Crippen LogP contribution < -0.4 is 4.90 Å². The third-order valence-electron chi connectivity index (χ3n) is 2.09. The Hall–Kier alpha value is -1.58. The first-order valence-corrected chi connectivity index (χ1v) is 4.64. The van der Waals surface area contributed by atoms with E-state index in [2.05, 4.69) is 4.98 Å². The van der Waals surface area contributed by atoms with Crippen LogP contribution in [0, 0.1) is 0 Å². The fourth-order valence-electron chi connectivity index (χ4n) is 1.38. The monoisotopic (exact) mass is 194 g/mol. The van der Waals surface area contributed by atoms with Crippen LogP contribution in [-0.2, 0) is 0 Å². The van der Waals surface area contributed by atoms with Crippen molar-refractivity contribution >= 4 is 11.7 Å². The summed E-state index contributed by atoms with van der Waals surface area (Å²) in [6.07, 6.45) is 1.50. The summed E-state index contributed by atoms with van der Waals surface area (Å²) in [5, 5.41) is 8.92. The number of aromatic nitrogens is 1. The highest BCUT2D eigenvalue weighted by Crippen LogP contribution is 2.17. The Bertz CT molecular complexity index is 322. The number of hydrogen-bond acceptors (Lipinski definition) is 3. The van der Waals surface area contributed by atoms with Gasteiger partial charge in [-0.25, -0.2) is 9.78 Å². The zero-order chi connectivity index (χ0) is 10.6. The van der Waals surface area contributed by atoms with Gasteiger partial charge in [-0.2, -0.15) is 0 Å². The van der Waals surface area contributed by atoms with Gasteiger partial charge in [-0.15, -0.1) is 0 Å². The van der Waals surface area contributed by atoms with E-state index < -0.39 is 5.97 Å². The normalized spacial score (nSPS) is 9.86. The summed E-state index contributed by atoms with van der Waals surface area (Å²) in [5.41, 5.74) is 0.807. The van der Waals surface area contributed by atoms with Crippen LogP contribution in [-0.4, -0.2) is 29.1 Å². The second kappa shape index (κ2) is 4.60. The predicted octanol–water partition coefficient (Wildman–Crippen LogP) is 1.63. The summed E-state index contributed by atoms with van der Waals surface area (Å²) in [6, 6.07) is 3.53. The van der Waals surface area contributed by atoms with E-state index >= 15 is 0 Å².